The van der Waals surface area contributed by atoms with Gasteiger partial charge in [0.05, 0.1) is 34.5 Å². The SMILES string of the molecule is COc1cc(C2Oc3cc(/C=C/CO)cc(OC)c3OC2CO)cc(OC)c1O. The predicted octanol–water partition coefficient (Wildman–Crippen LogP) is 2.30. The molecule has 3 rings (SSSR count). The van der Waals surface area contributed by atoms with Crippen molar-refractivity contribution < 1.29 is 39.0 Å². The number of fused-ring (bicyclic) bond motifs is 1. The molecule has 0 amide bonds. The minimum atomic E-state index is -0.728. The second-order valence-electron chi connectivity index (χ2n) is 6.29. The van der Waals surface area contributed by atoms with Gasteiger partial charge in [0.1, 0.15) is 0 Å². The Labute approximate surface area is 168 Å². The Bertz CT molecular complexity index is 867. The molecule has 1 aliphatic heterocycles. The van der Waals surface area contributed by atoms with Crippen LogP contribution in [0.25, 0.3) is 6.08 Å². The highest BCUT2D eigenvalue weighted by Gasteiger charge is 2.35. The summed E-state index contributed by atoms with van der Waals surface area (Å²) in [4.78, 5) is 0. The zero-order valence-electron chi connectivity index (χ0n) is 16.4. The van der Waals surface area contributed by atoms with Gasteiger partial charge in [0, 0.05) is 5.56 Å². The lowest BCUT2D eigenvalue weighted by Gasteiger charge is -2.34. The molecule has 0 spiro atoms. The number of aliphatic hydroxyl groups is 2. The van der Waals surface area contributed by atoms with Gasteiger partial charge in [0.15, 0.2) is 35.2 Å². The van der Waals surface area contributed by atoms with Crippen molar-refractivity contribution in [2.24, 2.45) is 0 Å². The summed E-state index contributed by atoms with van der Waals surface area (Å²) >= 11 is 0. The molecule has 0 saturated heterocycles. The van der Waals surface area contributed by atoms with Gasteiger partial charge in [-0.05, 0) is 29.8 Å². The first-order chi connectivity index (χ1) is 14.1. The van der Waals surface area contributed by atoms with Crippen LogP contribution in [0.2, 0.25) is 0 Å². The summed E-state index contributed by atoms with van der Waals surface area (Å²) in [6, 6.07) is 6.70. The third kappa shape index (κ3) is 4.03. The predicted molar refractivity (Wildman–Crippen MR) is 105 cm³/mol. The number of hydrogen-bond acceptors (Lipinski definition) is 8. The van der Waals surface area contributed by atoms with Crippen LogP contribution in [0.1, 0.15) is 17.2 Å². The van der Waals surface area contributed by atoms with Crippen LogP contribution in [0, 0.1) is 0 Å². The fraction of sp³-hybridized carbons (Fsp3) is 0.333. The van der Waals surface area contributed by atoms with Crippen LogP contribution in [0.5, 0.6) is 34.5 Å². The first-order valence-corrected chi connectivity index (χ1v) is 8.94. The van der Waals surface area contributed by atoms with Gasteiger partial charge in [-0.3, -0.25) is 0 Å². The molecule has 0 bridgehead atoms. The van der Waals surface area contributed by atoms with Crippen LogP contribution >= 0.6 is 0 Å². The number of ether oxygens (including phenoxy) is 5. The molecule has 2 atom stereocenters. The quantitative estimate of drug-likeness (QED) is 0.645. The Morgan fingerprint density at radius 3 is 2.14 bits per heavy atom. The number of rotatable bonds is 7. The first kappa shape index (κ1) is 20.6. The Morgan fingerprint density at radius 2 is 1.59 bits per heavy atom. The number of aromatic hydroxyl groups is 1. The van der Waals surface area contributed by atoms with Gasteiger partial charge in [0.25, 0.3) is 0 Å². The van der Waals surface area contributed by atoms with Crippen molar-refractivity contribution in [2.75, 3.05) is 34.5 Å². The van der Waals surface area contributed by atoms with Gasteiger partial charge in [-0.2, -0.15) is 0 Å². The lowest BCUT2D eigenvalue weighted by Crippen LogP contribution is -2.36. The normalized spacial score (nSPS) is 18.0. The van der Waals surface area contributed by atoms with Crippen LogP contribution in [-0.4, -0.2) is 56.0 Å². The van der Waals surface area contributed by atoms with Gasteiger partial charge in [-0.1, -0.05) is 12.2 Å². The van der Waals surface area contributed by atoms with Gasteiger partial charge >= 0.3 is 0 Å². The van der Waals surface area contributed by atoms with Gasteiger partial charge in [-0.15, -0.1) is 0 Å². The van der Waals surface area contributed by atoms with E-state index in [2.05, 4.69) is 0 Å². The maximum absolute atomic E-state index is 10.2. The highest BCUT2D eigenvalue weighted by molar-refractivity contribution is 5.63. The lowest BCUT2D eigenvalue weighted by molar-refractivity contribution is -0.0142. The standard InChI is InChI=1S/C21H24O8/c1-25-14-9-13(10-15(26-2)19(14)24)20-18(11-23)29-21-16(27-3)7-12(5-4-6-22)8-17(21)28-20/h4-5,7-10,18,20,22-24H,6,11H2,1-3H3/b5-4+. The molecule has 156 valence electrons. The molecule has 3 N–H and O–H groups in total. The monoisotopic (exact) mass is 404 g/mol. The van der Waals surface area contributed by atoms with Crippen molar-refractivity contribution in [2.45, 2.75) is 12.2 Å². The summed E-state index contributed by atoms with van der Waals surface area (Å²) < 4.78 is 28.0. The maximum Gasteiger partial charge on any atom is 0.204 e. The average Bonchev–Trinajstić information content (AvgIpc) is 2.76. The van der Waals surface area contributed by atoms with Gasteiger partial charge < -0.3 is 39.0 Å². The molecule has 0 aliphatic carbocycles. The summed E-state index contributed by atoms with van der Waals surface area (Å²) in [6.07, 6.45) is 1.90. The minimum Gasteiger partial charge on any atom is -0.502 e. The van der Waals surface area contributed by atoms with E-state index < -0.39 is 12.2 Å². The van der Waals surface area contributed by atoms with Crippen LogP contribution in [0.4, 0.5) is 0 Å². The number of phenolic OH excluding ortho intramolecular Hbond substituents is 1. The maximum atomic E-state index is 10.2. The van der Waals surface area contributed by atoms with Crippen molar-refractivity contribution in [3.63, 3.8) is 0 Å². The fourth-order valence-corrected chi connectivity index (χ4v) is 3.16. The second kappa shape index (κ2) is 8.93. The van der Waals surface area contributed by atoms with E-state index in [1.54, 1.807) is 36.4 Å². The van der Waals surface area contributed by atoms with Crippen LogP contribution in [-0.2, 0) is 0 Å². The highest BCUT2D eigenvalue weighted by atomic mass is 16.6. The van der Waals surface area contributed by atoms with Crippen molar-refractivity contribution in [1.82, 2.24) is 0 Å². The second-order valence-corrected chi connectivity index (χ2v) is 6.29. The van der Waals surface area contributed by atoms with E-state index in [1.807, 2.05) is 0 Å². The van der Waals surface area contributed by atoms with E-state index in [1.165, 1.54) is 21.3 Å². The summed E-state index contributed by atoms with van der Waals surface area (Å²) in [5.41, 5.74) is 1.34. The molecular weight excluding hydrogens is 380 g/mol. The third-order valence-corrected chi connectivity index (χ3v) is 4.55. The molecule has 1 aliphatic rings. The lowest BCUT2D eigenvalue weighted by atomic mass is 10.0. The number of hydrogen-bond donors (Lipinski definition) is 3. The summed E-state index contributed by atoms with van der Waals surface area (Å²) in [6.45, 7) is -0.413. The minimum absolute atomic E-state index is 0.0981. The molecular formula is C21H24O8. The van der Waals surface area contributed by atoms with Crippen molar-refractivity contribution in [3.8, 4) is 34.5 Å². The molecule has 0 fully saturated rings. The number of methoxy groups -OCH3 is 3. The van der Waals surface area contributed by atoms with E-state index in [-0.39, 0.29) is 30.5 Å². The Balaban J connectivity index is 2.07. The number of benzene rings is 2. The molecule has 2 aromatic rings. The number of aliphatic hydroxyl groups excluding tert-OH is 2. The van der Waals surface area contributed by atoms with E-state index in [0.29, 0.717) is 22.8 Å². The van der Waals surface area contributed by atoms with E-state index in [4.69, 9.17) is 28.8 Å². The zero-order chi connectivity index (χ0) is 21.0. The molecule has 2 unspecified atom stereocenters. The molecule has 0 saturated carbocycles. The first-order valence-electron chi connectivity index (χ1n) is 8.94. The van der Waals surface area contributed by atoms with Crippen molar-refractivity contribution in [1.29, 1.82) is 0 Å². The molecule has 0 radical (unpaired) electrons. The molecule has 0 aromatic heterocycles. The molecule has 1 heterocycles. The summed E-state index contributed by atoms with van der Waals surface area (Å²) in [7, 11) is 4.37. The Hall–Kier alpha value is -3.10. The Morgan fingerprint density at radius 1 is 0.931 bits per heavy atom. The Kier molecular flexibility index (Phi) is 6.36. The largest absolute Gasteiger partial charge is 0.502 e. The molecule has 8 nitrogen and oxygen atoms in total. The van der Waals surface area contributed by atoms with E-state index >= 15 is 0 Å². The highest BCUT2D eigenvalue weighted by Crippen LogP contribution is 2.48. The van der Waals surface area contributed by atoms with E-state index in [9.17, 15) is 10.2 Å². The van der Waals surface area contributed by atoms with Gasteiger partial charge in [0.2, 0.25) is 11.5 Å². The zero-order valence-corrected chi connectivity index (χ0v) is 16.4. The third-order valence-electron chi connectivity index (χ3n) is 4.55. The van der Waals surface area contributed by atoms with Gasteiger partial charge in [-0.25, -0.2) is 0 Å². The molecule has 8 heteroatoms. The summed E-state index contributed by atoms with van der Waals surface area (Å²) in [5, 5.41) is 29.1. The average molecular weight is 404 g/mol. The van der Waals surface area contributed by atoms with Crippen LogP contribution in [0.15, 0.2) is 30.3 Å². The number of phenols is 1. The molecule has 29 heavy (non-hydrogen) atoms. The summed E-state index contributed by atoms with van der Waals surface area (Å²) in [5.74, 6) is 1.53. The fourth-order valence-electron chi connectivity index (χ4n) is 3.16. The van der Waals surface area contributed by atoms with Crippen molar-refractivity contribution in [3.05, 3.63) is 41.5 Å². The van der Waals surface area contributed by atoms with Crippen LogP contribution in [0.3, 0.4) is 0 Å². The van der Waals surface area contributed by atoms with Crippen LogP contribution < -0.4 is 23.7 Å². The smallest absolute Gasteiger partial charge is 0.204 e. The topological polar surface area (TPSA) is 107 Å². The van der Waals surface area contributed by atoms with E-state index in [0.717, 1.165) is 5.56 Å². The molecule has 2 aromatic carbocycles. The van der Waals surface area contributed by atoms with Crippen molar-refractivity contribution >= 4 is 6.08 Å².